The number of rotatable bonds is 7. The van der Waals surface area contributed by atoms with Crippen molar-refractivity contribution in [1.29, 1.82) is 5.26 Å². The van der Waals surface area contributed by atoms with Gasteiger partial charge in [0.05, 0.1) is 17.6 Å². The van der Waals surface area contributed by atoms with Gasteiger partial charge in [-0.25, -0.2) is 0 Å². The van der Waals surface area contributed by atoms with Crippen molar-refractivity contribution in [2.75, 3.05) is 4.90 Å². The molecule has 200 valence electrons. The van der Waals surface area contributed by atoms with Gasteiger partial charge in [-0.15, -0.1) is 10.2 Å². The fraction of sp³-hybridized carbons (Fsp3) is 0.333. The van der Waals surface area contributed by atoms with Crippen LogP contribution in [0.3, 0.4) is 0 Å². The highest BCUT2D eigenvalue weighted by atomic mass is 32.2. The molecule has 1 aliphatic heterocycles. The molecule has 0 saturated carbocycles. The number of Topliss-reactive ketones (excluding diaryl/α,β-unsaturated/α-hetero) is 1. The van der Waals surface area contributed by atoms with E-state index in [1.807, 2.05) is 54.6 Å². The van der Waals surface area contributed by atoms with E-state index in [9.17, 15) is 10.1 Å². The highest BCUT2D eigenvalue weighted by Gasteiger charge is 2.45. The normalized spacial score (nSPS) is 18.8. The summed E-state index contributed by atoms with van der Waals surface area (Å²) in [6.07, 6.45) is 1.03. The number of carbonyl (C=O) groups is 1. The lowest BCUT2D eigenvalue weighted by molar-refractivity contribution is -0.118. The standard InChI is InChI=1S/C30H31N5O2S2/c1-18(2)38-29-34-33-28(39-29)35-23-14-30(3,4)15-24(36)26(23)25(22(16-31)27(35)32)20-10-12-21(13-11-20)37-17-19-8-6-5-7-9-19/h5-13,18,25H,14-15,17,32H2,1-4H3. The summed E-state index contributed by atoms with van der Waals surface area (Å²) < 4.78 is 6.79. The van der Waals surface area contributed by atoms with Crippen LogP contribution < -0.4 is 15.4 Å². The minimum Gasteiger partial charge on any atom is -0.489 e. The molecular weight excluding hydrogens is 526 g/mol. The van der Waals surface area contributed by atoms with Gasteiger partial charge in [-0.3, -0.25) is 9.69 Å². The third-order valence-corrected chi connectivity index (χ3v) is 8.76. The smallest absolute Gasteiger partial charge is 0.219 e. The molecule has 3 aromatic rings. The van der Waals surface area contributed by atoms with Crippen molar-refractivity contribution in [1.82, 2.24) is 10.2 Å². The summed E-state index contributed by atoms with van der Waals surface area (Å²) in [5.74, 6) is 0.492. The summed E-state index contributed by atoms with van der Waals surface area (Å²) in [5, 5.41) is 20.0. The highest BCUT2D eigenvalue weighted by molar-refractivity contribution is 8.01. The van der Waals surface area contributed by atoms with Crippen LogP contribution >= 0.6 is 23.1 Å². The van der Waals surface area contributed by atoms with Crippen LogP contribution in [0.2, 0.25) is 0 Å². The fourth-order valence-corrected chi connectivity index (χ4v) is 7.20. The Bertz CT molecular complexity index is 1480. The predicted molar refractivity (Wildman–Crippen MR) is 155 cm³/mol. The van der Waals surface area contributed by atoms with E-state index >= 15 is 0 Å². The molecule has 1 unspecified atom stereocenters. The lowest BCUT2D eigenvalue weighted by Gasteiger charge is -2.42. The molecule has 0 fully saturated rings. The molecular formula is C30H31N5O2S2. The second-order valence-electron chi connectivity index (χ2n) is 10.8. The molecule has 5 rings (SSSR count). The number of nitriles is 1. The molecule has 7 nitrogen and oxygen atoms in total. The van der Waals surface area contributed by atoms with Gasteiger partial charge in [0.25, 0.3) is 0 Å². The molecule has 0 saturated heterocycles. The van der Waals surface area contributed by atoms with Crippen LogP contribution in [0.4, 0.5) is 5.13 Å². The molecule has 1 atom stereocenters. The van der Waals surface area contributed by atoms with Gasteiger partial charge in [-0.2, -0.15) is 5.26 Å². The van der Waals surface area contributed by atoms with Gasteiger partial charge in [-0.1, -0.05) is 93.3 Å². The number of thioether (sulfide) groups is 1. The van der Waals surface area contributed by atoms with Crippen LogP contribution in [-0.2, 0) is 11.4 Å². The Morgan fingerprint density at radius 1 is 1.15 bits per heavy atom. The Labute approximate surface area is 237 Å². The second kappa shape index (κ2) is 10.9. The zero-order chi connectivity index (χ0) is 27.7. The molecule has 2 aliphatic rings. The summed E-state index contributed by atoms with van der Waals surface area (Å²) in [7, 11) is 0. The number of anilines is 1. The first-order chi connectivity index (χ1) is 18.7. The summed E-state index contributed by atoms with van der Waals surface area (Å²) in [5.41, 5.74) is 10.1. The minimum atomic E-state index is -0.551. The monoisotopic (exact) mass is 557 g/mol. The molecule has 2 heterocycles. The Morgan fingerprint density at radius 2 is 1.87 bits per heavy atom. The zero-order valence-electron chi connectivity index (χ0n) is 22.5. The molecule has 0 spiro atoms. The van der Waals surface area contributed by atoms with E-state index in [-0.39, 0.29) is 11.2 Å². The number of hydrogen-bond donors (Lipinski definition) is 1. The Kier molecular flexibility index (Phi) is 7.52. The third-order valence-electron chi connectivity index (χ3n) is 6.77. The van der Waals surface area contributed by atoms with Crippen LogP contribution in [0.5, 0.6) is 5.75 Å². The van der Waals surface area contributed by atoms with E-state index in [0.717, 1.165) is 21.2 Å². The largest absolute Gasteiger partial charge is 0.489 e. The van der Waals surface area contributed by atoms with Gasteiger partial charge < -0.3 is 10.5 Å². The van der Waals surface area contributed by atoms with Gasteiger partial charge in [0, 0.05) is 22.9 Å². The predicted octanol–water partition coefficient (Wildman–Crippen LogP) is 6.56. The van der Waals surface area contributed by atoms with Crippen molar-refractivity contribution < 1.29 is 9.53 Å². The van der Waals surface area contributed by atoms with Crippen molar-refractivity contribution in [3.63, 3.8) is 0 Å². The van der Waals surface area contributed by atoms with Crippen molar-refractivity contribution in [3.05, 3.63) is 88.4 Å². The molecule has 0 amide bonds. The maximum atomic E-state index is 13.7. The molecule has 9 heteroatoms. The van der Waals surface area contributed by atoms with Gasteiger partial charge >= 0.3 is 0 Å². The van der Waals surface area contributed by atoms with Crippen LogP contribution in [0.25, 0.3) is 0 Å². The van der Waals surface area contributed by atoms with Crippen molar-refractivity contribution in [2.24, 2.45) is 11.1 Å². The molecule has 2 aromatic carbocycles. The number of hydrogen-bond acceptors (Lipinski definition) is 9. The molecule has 1 aromatic heterocycles. The first kappa shape index (κ1) is 27.0. The van der Waals surface area contributed by atoms with Crippen molar-refractivity contribution in [2.45, 2.75) is 62.7 Å². The minimum absolute atomic E-state index is 0.0298. The van der Waals surface area contributed by atoms with Crippen molar-refractivity contribution >= 4 is 34.0 Å². The highest BCUT2D eigenvalue weighted by Crippen LogP contribution is 2.51. The van der Waals surface area contributed by atoms with Crippen LogP contribution in [0, 0.1) is 16.7 Å². The van der Waals surface area contributed by atoms with Gasteiger partial charge in [0.2, 0.25) is 5.13 Å². The lowest BCUT2D eigenvalue weighted by atomic mass is 9.68. The average Bonchev–Trinajstić information content (AvgIpc) is 3.34. The van der Waals surface area contributed by atoms with Gasteiger partial charge in [0.1, 0.15) is 18.2 Å². The summed E-state index contributed by atoms with van der Waals surface area (Å²) in [4.78, 5) is 15.5. The number of nitrogens with two attached hydrogens (primary N) is 1. The number of carbonyl (C=O) groups excluding carboxylic acids is 1. The van der Waals surface area contributed by atoms with Gasteiger partial charge in [0.15, 0.2) is 10.1 Å². The Balaban J connectivity index is 1.54. The van der Waals surface area contributed by atoms with E-state index < -0.39 is 5.92 Å². The molecule has 39 heavy (non-hydrogen) atoms. The van der Waals surface area contributed by atoms with Crippen molar-refractivity contribution in [3.8, 4) is 11.8 Å². The van der Waals surface area contributed by atoms with Crippen LogP contribution in [0.15, 0.2) is 81.6 Å². The first-order valence-corrected chi connectivity index (χ1v) is 14.6. The molecule has 0 bridgehead atoms. The second-order valence-corrected chi connectivity index (χ2v) is 13.6. The first-order valence-electron chi connectivity index (χ1n) is 12.9. The number of ketones is 1. The maximum absolute atomic E-state index is 13.7. The number of benzene rings is 2. The van der Waals surface area contributed by atoms with E-state index in [1.165, 1.54) is 11.3 Å². The Morgan fingerprint density at radius 3 is 2.54 bits per heavy atom. The Hall–Kier alpha value is -3.61. The fourth-order valence-electron chi connectivity index (χ4n) is 5.10. The maximum Gasteiger partial charge on any atom is 0.219 e. The number of allylic oxidation sites excluding steroid dienone is 3. The van der Waals surface area contributed by atoms with E-state index in [0.29, 0.717) is 52.5 Å². The average molecular weight is 558 g/mol. The van der Waals surface area contributed by atoms with E-state index in [4.69, 9.17) is 10.5 Å². The van der Waals surface area contributed by atoms with Gasteiger partial charge in [-0.05, 0) is 35.1 Å². The summed E-state index contributed by atoms with van der Waals surface area (Å²) in [6.45, 7) is 8.82. The molecule has 0 radical (unpaired) electrons. The summed E-state index contributed by atoms with van der Waals surface area (Å²) >= 11 is 3.05. The topological polar surface area (TPSA) is 105 Å². The lowest BCUT2D eigenvalue weighted by Crippen LogP contribution is -2.42. The quantitative estimate of drug-likeness (QED) is 0.326. The molecule has 2 N–H and O–H groups in total. The van der Waals surface area contributed by atoms with Crippen LogP contribution in [0.1, 0.15) is 57.6 Å². The number of ether oxygens (including phenoxy) is 1. The van der Waals surface area contributed by atoms with E-state index in [2.05, 4.69) is 44.0 Å². The molecule has 1 aliphatic carbocycles. The SMILES string of the molecule is CC(C)Sc1nnc(N2C(N)=C(C#N)C(c3ccc(OCc4ccccc4)cc3)C3=C2CC(C)(C)CC3=O)s1. The third kappa shape index (κ3) is 5.58. The number of nitrogens with zero attached hydrogens (tertiary/aromatic N) is 4. The summed E-state index contributed by atoms with van der Waals surface area (Å²) in [6, 6.07) is 19.9. The number of aromatic nitrogens is 2. The van der Waals surface area contributed by atoms with E-state index in [1.54, 1.807) is 16.7 Å². The van der Waals surface area contributed by atoms with Crippen LogP contribution in [-0.4, -0.2) is 21.2 Å². The zero-order valence-corrected chi connectivity index (χ0v) is 24.1.